The first kappa shape index (κ1) is 21.3. The normalized spacial score (nSPS) is 15.2. The molecule has 0 aliphatic heterocycles. The SMILES string of the molecule is Fc1ccc2[nH]nc(Nc3nc(-c4ccccc4C(F)(F)F)nc(C4CCCCC4)n3)c2c1. The van der Waals surface area contributed by atoms with Crippen LogP contribution in [-0.4, -0.2) is 25.1 Å². The Kier molecular flexibility index (Phi) is 5.43. The maximum Gasteiger partial charge on any atom is 0.417 e. The van der Waals surface area contributed by atoms with Gasteiger partial charge in [0.2, 0.25) is 5.95 Å². The first-order valence-electron chi connectivity index (χ1n) is 10.7. The van der Waals surface area contributed by atoms with Gasteiger partial charge >= 0.3 is 6.18 Å². The van der Waals surface area contributed by atoms with Crippen LogP contribution in [0.3, 0.4) is 0 Å². The van der Waals surface area contributed by atoms with Gasteiger partial charge < -0.3 is 5.32 Å². The molecule has 1 saturated carbocycles. The van der Waals surface area contributed by atoms with E-state index in [-0.39, 0.29) is 29.1 Å². The van der Waals surface area contributed by atoms with Gasteiger partial charge in [-0.1, -0.05) is 37.5 Å². The number of rotatable bonds is 4. The first-order valence-corrected chi connectivity index (χ1v) is 10.7. The van der Waals surface area contributed by atoms with E-state index < -0.39 is 17.6 Å². The standard InChI is InChI=1S/C23H20F4N6/c24-14-10-11-18-16(12-14)21(33-32-18)31-22-29-19(13-6-2-1-3-7-13)28-20(30-22)15-8-4-5-9-17(15)23(25,26)27/h4-5,8-13H,1-3,6-7H2,(H2,28,29,30,31,32,33). The van der Waals surface area contributed by atoms with Gasteiger partial charge in [0.05, 0.1) is 11.1 Å². The highest BCUT2D eigenvalue weighted by atomic mass is 19.4. The highest BCUT2D eigenvalue weighted by Crippen LogP contribution is 2.37. The Bertz CT molecular complexity index is 1290. The lowest BCUT2D eigenvalue weighted by Crippen LogP contribution is -2.14. The van der Waals surface area contributed by atoms with E-state index in [2.05, 4.69) is 30.5 Å². The zero-order valence-electron chi connectivity index (χ0n) is 17.5. The molecular formula is C23H20F4N6. The van der Waals surface area contributed by atoms with E-state index >= 15 is 0 Å². The number of aromatic amines is 1. The Morgan fingerprint density at radius 1 is 0.939 bits per heavy atom. The molecule has 10 heteroatoms. The molecule has 1 aliphatic rings. The summed E-state index contributed by atoms with van der Waals surface area (Å²) < 4.78 is 54.8. The molecule has 0 unspecified atom stereocenters. The van der Waals surface area contributed by atoms with Crippen molar-refractivity contribution in [2.24, 2.45) is 0 Å². The Morgan fingerprint density at radius 2 is 1.73 bits per heavy atom. The molecule has 1 fully saturated rings. The van der Waals surface area contributed by atoms with Crippen LogP contribution in [0.2, 0.25) is 0 Å². The zero-order chi connectivity index (χ0) is 23.0. The Labute approximate surface area is 186 Å². The van der Waals surface area contributed by atoms with Crippen molar-refractivity contribution in [3.8, 4) is 11.4 Å². The number of hydrogen-bond donors (Lipinski definition) is 2. The summed E-state index contributed by atoms with van der Waals surface area (Å²) in [4.78, 5) is 13.3. The number of nitrogens with one attached hydrogen (secondary N) is 2. The smallest absolute Gasteiger partial charge is 0.307 e. The summed E-state index contributed by atoms with van der Waals surface area (Å²) in [5.74, 6) is 0.325. The van der Waals surface area contributed by atoms with Gasteiger partial charge in [-0.2, -0.15) is 28.2 Å². The number of halogens is 4. The number of H-pyrrole nitrogens is 1. The molecule has 1 aliphatic carbocycles. The van der Waals surface area contributed by atoms with Crippen LogP contribution in [0, 0.1) is 5.82 Å². The van der Waals surface area contributed by atoms with E-state index in [0.717, 1.165) is 38.2 Å². The summed E-state index contributed by atoms with van der Waals surface area (Å²) in [5.41, 5.74) is -0.336. The van der Waals surface area contributed by atoms with Crippen molar-refractivity contribution < 1.29 is 17.6 Å². The van der Waals surface area contributed by atoms with Crippen LogP contribution < -0.4 is 5.32 Å². The quantitative estimate of drug-likeness (QED) is 0.349. The molecule has 6 nitrogen and oxygen atoms in total. The third-order valence-corrected chi connectivity index (χ3v) is 5.85. The summed E-state index contributed by atoms with van der Waals surface area (Å²) in [7, 11) is 0. The predicted molar refractivity (Wildman–Crippen MR) is 115 cm³/mol. The number of hydrogen-bond acceptors (Lipinski definition) is 5. The zero-order valence-corrected chi connectivity index (χ0v) is 17.5. The van der Waals surface area contributed by atoms with Crippen molar-refractivity contribution in [2.75, 3.05) is 5.32 Å². The lowest BCUT2D eigenvalue weighted by atomic mass is 9.88. The fraction of sp³-hybridized carbons (Fsp3) is 0.304. The second-order valence-electron chi connectivity index (χ2n) is 8.11. The van der Waals surface area contributed by atoms with Crippen LogP contribution in [0.4, 0.5) is 29.3 Å². The largest absolute Gasteiger partial charge is 0.417 e. The van der Waals surface area contributed by atoms with E-state index in [4.69, 9.17) is 0 Å². The molecule has 0 saturated heterocycles. The highest BCUT2D eigenvalue weighted by Gasteiger charge is 2.34. The second-order valence-corrected chi connectivity index (χ2v) is 8.11. The molecule has 170 valence electrons. The van der Waals surface area contributed by atoms with E-state index in [0.29, 0.717) is 16.7 Å². The van der Waals surface area contributed by atoms with Crippen LogP contribution in [0.1, 0.15) is 49.4 Å². The van der Waals surface area contributed by atoms with Crippen LogP contribution in [0.15, 0.2) is 42.5 Å². The average molecular weight is 456 g/mol. The van der Waals surface area contributed by atoms with Crippen molar-refractivity contribution in [1.29, 1.82) is 0 Å². The number of nitrogens with zero attached hydrogens (tertiary/aromatic N) is 4. The lowest BCUT2D eigenvalue weighted by molar-refractivity contribution is -0.137. The Morgan fingerprint density at radius 3 is 2.52 bits per heavy atom. The topological polar surface area (TPSA) is 79.4 Å². The lowest BCUT2D eigenvalue weighted by Gasteiger charge is -2.21. The molecule has 0 amide bonds. The van der Waals surface area contributed by atoms with Crippen molar-refractivity contribution in [3.63, 3.8) is 0 Å². The molecule has 2 aromatic carbocycles. The molecule has 0 bridgehead atoms. The number of anilines is 2. The molecule has 2 N–H and O–H groups in total. The van der Waals surface area contributed by atoms with Crippen LogP contribution >= 0.6 is 0 Å². The van der Waals surface area contributed by atoms with Crippen molar-refractivity contribution in [1.82, 2.24) is 25.1 Å². The third kappa shape index (κ3) is 4.37. The molecule has 33 heavy (non-hydrogen) atoms. The summed E-state index contributed by atoms with van der Waals surface area (Å²) in [6, 6.07) is 9.38. The number of alkyl halides is 3. The summed E-state index contributed by atoms with van der Waals surface area (Å²) in [5, 5.41) is 10.4. The van der Waals surface area contributed by atoms with Crippen LogP contribution in [0.25, 0.3) is 22.3 Å². The van der Waals surface area contributed by atoms with Gasteiger partial charge in [0, 0.05) is 16.9 Å². The number of fused-ring (bicyclic) bond motifs is 1. The molecule has 4 aromatic rings. The fourth-order valence-electron chi connectivity index (χ4n) is 4.22. The minimum Gasteiger partial charge on any atom is -0.307 e. The van der Waals surface area contributed by atoms with E-state index in [1.807, 2.05) is 0 Å². The summed E-state index contributed by atoms with van der Waals surface area (Å²) >= 11 is 0. The molecular weight excluding hydrogens is 436 g/mol. The van der Waals surface area contributed by atoms with E-state index in [9.17, 15) is 17.6 Å². The molecule has 0 radical (unpaired) electrons. The van der Waals surface area contributed by atoms with Crippen molar-refractivity contribution in [3.05, 3.63) is 59.7 Å². The molecule has 2 aromatic heterocycles. The highest BCUT2D eigenvalue weighted by molar-refractivity contribution is 5.90. The maximum absolute atomic E-state index is 13.8. The maximum atomic E-state index is 13.8. The number of aromatic nitrogens is 5. The summed E-state index contributed by atoms with van der Waals surface area (Å²) in [6.07, 6.45) is 0.299. The average Bonchev–Trinajstić information content (AvgIpc) is 3.20. The van der Waals surface area contributed by atoms with Crippen molar-refractivity contribution in [2.45, 2.75) is 44.2 Å². The predicted octanol–water partition coefficient (Wildman–Crippen LogP) is 6.36. The van der Waals surface area contributed by atoms with Crippen LogP contribution in [-0.2, 0) is 6.18 Å². The van der Waals surface area contributed by atoms with E-state index in [1.54, 1.807) is 6.07 Å². The molecule has 0 atom stereocenters. The fourth-order valence-corrected chi connectivity index (χ4v) is 4.22. The molecule has 2 heterocycles. The van der Waals surface area contributed by atoms with Gasteiger partial charge in [-0.3, -0.25) is 5.10 Å². The van der Waals surface area contributed by atoms with Gasteiger partial charge in [0.25, 0.3) is 0 Å². The van der Waals surface area contributed by atoms with E-state index in [1.165, 1.54) is 30.3 Å². The van der Waals surface area contributed by atoms with Crippen molar-refractivity contribution >= 4 is 22.7 Å². The number of benzene rings is 2. The van der Waals surface area contributed by atoms with Gasteiger partial charge in [0.15, 0.2) is 11.6 Å². The molecule has 5 rings (SSSR count). The first-order chi connectivity index (χ1) is 15.9. The third-order valence-electron chi connectivity index (χ3n) is 5.85. The monoisotopic (exact) mass is 456 g/mol. The Hall–Kier alpha value is -3.56. The Balaban J connectivity index is 1.61. The second kappa shape index (κ2) is 8.42. The minimum atomic E-state index is -4.56. The van der Waals surface area contributed by atoms with Gasteiger partial charge in [-0.25, -0.2) is 9.37 Å². The van der Waals surface area contributed by atoms with Gasteiger partial charge in [-0.15, -0.1) is 0 Å². The van der Waals surface area contributed by atoms with Crippen LogP contribution in [0.5, 0.6) is 0 Å². The minimum absolute atomic E-state index is 0.0347. The van der Waals surface area contributed by atoms with Gasteiger partial charge in [0.1, 0.15) is 11.6 Å². The van der Waals surface area contributed by atoms with Gasteiger partial charge in [-0.05, 0) is 37.1 Å². The summed E-state index contributed by atoms with van der Waals surface area (Å²) in [6.45, 7) is 0. The molecule has 0 spiro atoms.